The van der Waals surface area contributed by atoms with E-state index < -0.39 is 17.3 Å². The molecule has 0 aliphatic heterocycles. The highest BCUT2D eigenvalue weighted by molar-refractivity contribution is 5.74. The molecule has 0 amide bonds. The Bertz CT molecular complexity index is 1450. The Labute approximate surface area is 225 Å². The average molecular weight is 538 g/mol. The number of aromatic nitrogens is 2. The van der Waals surface area contributed by atoms with E-state index in [9.17, 15) is 18.0 Å². The molecule has 0 aliphatic carbocycles. The van der Waals surface area contributed by atoms with Gasteiger partial charge < -0.3 is 9.26 Å². The number of rotatable bonds is 7. The fourth-order valence-electron chi connectivity index (χ4n) is 4.24. The van der Waals surface area contributed by atoms with E-state index in [2.05, 4.69) is 10.1 Å². The van der Waals surface area contributed by atoms with E-state index in [1.165, 1.54) is 12.1 Å². The first kappa shape index (κ1) is 28.0. The molecule has 0 saturated carbocycles. The Morgan fingerprint density at radius 3 is 2.26 bits per heavy atom. The van der Waals surface area contributed by atoms with Crippen LogP contribution in [-0.2, 0) is 22.3 Å². The molecule has 0 saturated heterocycles. The molecule has 3 aromatic carbocycles. The lowest BCUT2D eigenvalue weighted by molar-refractivity contribution is -0.155. The summed E-state index contributed by atoms with van der Waals surface area (Å²) in [6.45, 7) is 7.98. The third-order valence-electron chi connectivity index (χ3n) is 5.91. The molecule has 39 heavy (non-hydrogen) atoms. The van der Waals surface area contributed by atoms with E-state index in [0.717, 1.165) is 17.2 Å². The molecule has 0 N–H and O–H groups in total. The summed E-state index contributed by atoms with van der Waals surface area (Å²) in [7, 11) is 1.85. The first-order chi connectivity index (χ1) is 18.3. The molecule has 4 aromatic rings. The highest BCUT2D eigenvalue weighted by Gasteiger charge is 2.33. The SMILES string of the molecule is Cc1cc(-c2nc(-c3ccc(CN(C)CC(=O)OC(C)(C)C)cc3)no2)ccc1-c1ccccc1C(F)(F)F. The predicted molar refractivity (Wildman–Crippen MR) is 143 cm³/mol. The summed E-state index contributed by atoms with van der Waals surface area (Å²) in [4.78, 5) is 18.4. The molecule has 6 nitrogen and oxygen atoms in total. The molecule has 204 valence electrons. The minimum absolute atomic E-state index is 0.122. The standard InChI is InChI=1S/C30H30F3N3O3/c1-19-16-22(14-15-23(19)24-8-6-7-9-25(24)30(31,32)33)28-34-27(35-39-28)21-12-10-20(11-13-21)17-36(5)18-26(37)38-29(2,3)4/h6-16H,17-18H2,1-5H3. The van der Waals surface area contributed by atoms with Crippen LogP contribution in [0.2, 0.25) is 0 Å². The normalized spacial score (nSPS) is 12.1. The number of hydrogen-bond acceptors (Lipinski definition) is 6. The van der Waals surface area contributed by atoms with Crippen molar-refractivity contribution in [2.45, 2.75) is 46.0 Å². The Morgan fingerprint density at radius 1 is 0.949 bits per heavy atom. The minimum atomic E-state index is -4.45. The number of alkyl halides is 3. The average Bonchev–Trinajstić information content (AvgIpc) is 3.33. The van der Waals surface area contributed by atoms with Gasteiger partial charge in [0.25, 0.3) is 5.89 Å². The van der Waals surface area contributed by atoms with Crippen molar-refractivity contribution in [3.05, 3.63) is 83.4 Å². The van der Waals surface area contributed by atoms with Gasteiger partial charge in [0.2, 0.25) is 5.82 Å². The number of likely N-dealkylation sites (N-methyl/N-ethyl adjacent to an activating group) is 1. The number of benzene rings is 3. The fourth-order valence-corrected chi connectivity index (χ4v) is 4.24. The summed E-state index contributed by atoms with van der Waals surface area (Å²) >= 11 is 0. The van der Waals surface area contributed by atoms with Crippen molar-refractivity contribution in [3.63, 3.8) is 0 Å². The Kier molecular flexibility index (Phi) is 7.92. The van der Waals surface area contributed by atoms with Crippen LogP contribution in [0, 0.1) is 6.92 Å². The van der Waals surface area contributed by atoms with Gasteiger partial charge in [-0.05, 0) is 75.2 Å². The van der Waals surface area contributed by atoms with Gasteiger partial charge in [-0.3, -0.25) is 9.69 Å². The van der Waals surface area contributed by atoms with Crippen LogP contribution >= 0.6 is 0 Å². The lowest BCUT2D eigenvalue weighted by Crippen LogP contribution is -2.32. The van der Waals surface area contributed by atoms with Crippen molar-refractivity contribution >= 4 is 5.97 Å². The summed E-state index contributed by atoms with van der Waals surface area (Å²) in [6.07, 6.45) is -4.45. The highest BCUT2D eigenvalue weighted by Crippen LogP contribution is 2.38. The molecule has 1 heterocycles. The van der Waals surface area contributed by atoms with Gasteiger partial charge in [0.1, 0.15) is 5.60 Å². The van der Waals surface area contributed by atoms with Crippen LogP contribution in [0.25, 0.3) is 34.0 Å². The molecule has 0 radical (unpaired) electrons. The number of esters is 1. The zero-order valence-electron chi connectivity index (χ0n) is 22.5. The minimum Gasteiger partial charge on any atom is -0.459 e. The lowest BCUT2D eigenvalue weighted by Gasteiger charge is -2.22. The van der Waals surface area contributed by atoms with Crippen molar-refractivity contribution < 1.29 is 27.2 Å². The molecule has 9 heteroatoms. The Hall–Kier alpha value is -3.98. The van der Waals surface area contributed by atoms with Gasteiger partial charge >= 0.3 is 12.1 Å². The second-order valence-electron chi connectivity index (χ2n) is 10.5. The zero-order chi connectivity index (χ0) is 28.4. The second-order valence-corrected chi connectivity index (χ2v) is 10.5. The maximum atomic E-state index is 13.5. The molecule has 0 atom stereocenters. The van der Waals surface area contributed by atoms with Crippen LogP contribution in [0.3, 0.4) is 0 Å². The van der Waals surface area contributed by atoms with Crippen LogP contribution < -0.4 is 0 Å². The third-order valence-corrected chi connectivity index (χ3v) is 5.91. The van der Waals surface area contributed by atoms with Crippen molar-refractivity contribution in [2.24, 2.45) is 0 Å². The van der Waals surface area contributed by atoms with Crippen molar-refractivity contribution in [1.29, 1.82) is 0 Å². The number of nitrogens with zero attached hydrogens (tertiary/aromatic N) is 3. The van der Waals surface area contributed by atoms with Gasteiger partial charge in [-0.1, -0.05) is 53.7 Å². The fraction of sp³-hybridized carbons (Fsp3) is 0.300. The molecule has 0 aliphatic rings. The van der Waals surface area contributed by atoms with E-state index in [1.807, 2.05) is 57.0 Å². The van der Waals surface area contributed by atoms with Crippen molar-refractivity contribution in [2.75, 3.05) is 13.6 Å². The topological polar surface area (TPSA) is 68.5 Å². The summed E-state index contributed by atoms with van der Waals surface area (Å²) in [6, 6.07) is 18.2. The summed E-state index contributed by atoms with van der Waals surface area (Å²) < 4.78 is 51.4. The molecular formula is C30H30F3N3O3. The summed E-state index contributed by atoms with van der Waals surface area (Å²) in [5, 5.41) is 4.08. The largest absolute Gasteiger partial charge is 0.459 e. The highest BCUT2D eigenvalue weighted by atomic mass is 19.4. The number of halogens is 3. The van der Waals surface area contributed by atoms with Crippen LogP contribution in [0.15, 0.2) is 71.3 Å². The molecule has 0 unspecified atom stereocenters. The maximum Gasteiger partial charge on any atom is 0.417 e. The first-order valence-corrected chi connectivity index (χ1v) is 12.4. The van der Waals surface area contributed by atoms with Gasteiger partial charge in [-0.25, -0.2) is 0 Å². The van der Waals surface area contributed by atoms with Gasteiger partial charge in [-0.15, -0.1) is 0 Å². The summed E-state index contributed by atoms with van der Waals surface area (Å²) in [5.74, 6) is 0.376. The van der Waals surface area contributed by atoms with Crippen LogP contribution in [-0.4, -0.2) is 40.2 Å². The molecule has 0 fully saturated rings. The predicted octanol–water partition coefficient (Wildman–Crippen LogP) is 7.17. The number of carbonyl (C=O) groups excluding carboxylic acids is 1. The lowest BCUT2D eigenvalue weighted by atomic mass is 9.94. The van der Waals surface area contributed by atoms with E-state index in [0.29, 0.717) is 29.1 Å². The van der Waals surface area contributed by atoms with Crippen molar-refractivity contribution in [1.82, 2.24) is 15.0 Å². The molecule has 0 bridgehead atoms. The van der Waals surface area contributed by atoms with E-state index >= 15 is 0 Å². The van der Waals surface area contributed by atoms with Gasteiger partial charge in [0.05, 0.1) is 12.1 Å². The number of ether oxygens (including phenoxy) is 1. The number of aryl methyl sites for hydroxylation is 1. The molecular weight excluding hydrogens is 507 g/mol. The van der Waals surface area contributed by atoms with Crippen LogP contribution in [0.5, 0.6) is 0 Å². The van der Waals surface area contributed by atoms with E-state index in [4.69, 9.17) is 9.26 Å². The smallest absolute Gasteiger partial charge is 0.417 e. The molecule has 0 spiro atoms. The van der Waals surface area contributed by atoms with Crippen LogP contribution in [0.1, 0.15) is 37.5 Å². The van der Waals surface area contributed by atoms with E-state index in [1.54, 1.807) is 31.2 Å². The van der Waals surface area contributed by atoms with Gasteiger partial charge in [-0.2, -0.15) is 18.2 Å². The quantitative estimate of drug-likeness (QED) is 0.233. The van der Waals surface area contributed by atoms with Gasteiger partial charge in [0, 0.05) is 17.7 Å². The maximum absolute atomic E-state index is 13.5. The van der Waals surface area contributed by atoms with Gasteiger partial charge in [0.15, 0.2) is 0 Å². The Balaban J connectivity index is 1.46. The molecule has 1 aromatic heterocycles. The zero-order valence-corrected chi connectivity index (χ0v) is 22.5. The van der Waals surface area contributed by atoms with E-state index in [-0.39, 0.29) is 24.0 Å². The molecule has 4 rings (SSSR count). The number of hydrogen-bond donors (Lipinski definition) is 0. The second kappa shape index (κ2) is 11.0. The first-order valence-electron chi connectivity index (χ1n) is 12.4. The third kappa shape index (κ3) is 7.11. The van der Waals surface area contributed by atoms with Crippen LogP contribution in [0.4, 0.5) is 13.2 Å². The Morgan fingerprint density at radius 2 is 1.62 bits per heavy atom. The van der Waals surface area contributed by atoms with Crippen molar-refractivity contribution in [3.8, 4) is 34.0 Å². The number of carbonyl (C=O) groups is 1. The monoisotopic (exact) mass is 537 g/mol. The summed E-state index contributed by atoms with van der Waals surface area (Å²) in [5.41, 5.74) is 2.41.